The SMILES string of the molecule is CNCC1COc2cc3c(cc2OC1)C1(CCC(Nc2cccc(Cl)c2)(C(=O)O)CC1)C(CCCOc1ccnc2c1CCCC2)C3. The van der Waals surface area contributed by atoms with E-state index in [1.165, 1.54) is 35.2 Å². The van der Waals surface area contributed by atoms with Crippen molar-refractivity contribution in [1.29, 1.82) is 0 Å². The molecule has 9 heteroatoms. The first-order valence-electron chi connectivity index (χ1n) is 17.3. The third-order valence-electron chi connectivity index (χ3n) is 11.2. The van der Waals surface area contributed by atoms with E-state index in [0.29, 0.717) is 43.6 Å². The number of carboxylic acid groups (broad SMARTS) is 1. The van der Waals surface area contributed by atoms with Gasteiger partial charge in [-0.25, -0.2) is 4.79 Å². The molecule has 2 atom stereocenters. The number of nitrogens with zero attached hydrogens (tertiary/aromatic N) is 1. The predicted octanol–water partition coefficient (Wildman–Crippen LogP) is 7.00. The van der Waals surface area contributed by atoms with Gasteiger partial charge in [0.1, 0.15) is 11.3 Å². The summed E-state index contributed by atoms with van der Waals surface area (Å²) in [5, 5.41) is 17.8. The molecule has 4 aliphatic rings. The summed E-state index contributed by atoms with van der Waals surface area (Å²) in [7, 11) is 1.95. The lowest BCUT2D eigenvalue weighted by molar-refractivity contribution is -0.144. The molecule has 47 heavy (non-hydrogen) atoms. The second kappa shape index (κ2) is 13.6. The van der Waals surface area contributed by atoms with E-state index in [0.717, 1.165) is 74.4 Å². The molecule has 8 nitrogen and oxygen atoms in total. The number of anilines is 1. The number of carbonyl (C=O) groups is 1. The number of aryl methyl sites for hydroxylation is 1. The third-order valence-corrected chi connectivity index (χ3v) is 11.4. The maximum absolute atomic E-state index is 12.9. The number of ether oxygens (including phenoxy) is 3. The minimum atomic E-state index is -1.06. The summed E-state index contributed by atoms with van der Waals surface area (Å²) in [4.78, 5) is 17.5. The molecule has 1 aromatic heterocycles. The van der Waals surface area contributed by atoms with Crippen molar-refractivity contribution in [3.63, 3.8) is 0 Å². The number of halogens is 1. The molecule has 2 heterocycles. The van der Waals surface area contributed by atoms with Crippen LogP contribution in [0.15, 0.2) is 48.7 Å². The van der Waals surface area contributed by atoms with Gasteiger partial charge in [-0.15, -0.1) is 0 Å². The fourth-order valence-corrected chi connectivity index (χ4v) is 8.85. The van der Waals surface area contributed by atoms with Gasteiger partial charge in [-0.05, 0) is 137 Å². The van der Waals surface area contributed by atoms with Crippen LogP contribution in [0.25, 0.3) is 0 Å². The Kier molecular flexibility index (Phi) is 9.25. The molecule has 3 aromatic rings. The number of carboxylic acids is 1. The van der Waals surface area contributed by atoms with E-state index in [9.17, 15) is 9.90 Å². The fraction of sp³-hybridized carbons (Fsp3) is 0.526. The lowest BCUT2D eigenvalue weighted by atomic mass is 9.60. The molecule has 0 saturated heterocycles. The maximum atomic E-state index is 12.9. The van der Waals surface area contributed by atoms with Crippen molar-refractivity contribution in [3.05, 3.63) is 76.1 Å². The molecule has 7 rings (SSSR count). The van der Waals surface area contributed by atoms with Crippen molar-refractivity contribution >= 4 is 23.3 Å². The lowest BCUT2D eigenvalue weighted by Crippen LogP contribution is -2.53. The molecule has 3 aliphatic carbocycles. The van der Waals surface area contributed by atoms with E-state index in [4.69, 9.17) is 25.8 Å². The highest BCUT2D eigenvalue weighted by molar-refractivity contribution is 6.30. The normalized spacial score (nSPS) is 26.3. The van der Waals surface area contributed by atoms with Gasteiger partial charge in [0.25, 0.3) is 0 Å². The summed E-state index contributed by atoms with van der Waals surface area (Å²) in [6.45, 7) is 2.71. The first kappa shape index (κ1) is 32.1. The summed E-state index contributed by atoms with van der Waals surface area (Å²) >= 11 is 6.27. The fourth-order valence-electron chi connectivity index (χ4n) is 8.66. The van der Waals surface area contributed by atoms with Gasteiger partial charge in [0.15, 0.2) is 11.5 Å². The number of pyridine rings is 1. The minimum absolute atomic E-state index is 0.144. The summed E-state index contributed by atoms with van der Waals surface area (Å²) in [5.74, 6) is 2.45. The van der Waals surface area contributed by atoms with Crippen molar-refractivity contribution in [3.8, 4) is 17.2 Å². The summed E-state index contributed by atoms with van der Waals surface area (Å²) in [6, 6.07) is 13.8. The van der Waals surface area contributed by atoms with E-state index < -0.39 is 11.5 Å². The smallest absolute Gasteiger partial charge is 0.329 e. The van der Waals surface area contributed by atoms with Crippen molar-refractivity contribution in [2.45, 2.75) is 81.6 Å². The highest BCUT2D eigenvalue weighted by atomic mass is 35.5. The molecule has 3 N–H and O–H groups in total. The van der Waals surface area contributed by atoms with Crippen LogP contribution < -0.4 is 24.8 Å². The van der Waals surface area contributed by atoms with Gasteiger partial charge in [-0.3, -0.25) is 4.98 Å². The van der Waals surface area contributed by atoms with Crippen molar-refractivity contribution < 1.29 is 24.1 Å². The van der Waals surface area contributed by atoms with Gasteiger partial charge in [-0.1, -0.05) is 17.7 Å². The Morgan fingerprint density at radius 2 is 1.85 bits per heavy atom. The van der Waals surface area contributed by atoms with Gasteiger partial charge in [0.05, 0.1) is 19.8 Å². The Morgan fingerprint density at radius 3 is 2.62 bits per heavy atom. The second-order valence-corrected chi connectivity index (χ2v) is 14.5. The number of nitrogens with one attached hydrogen (secondary N) is 2. The summed E-state index contributed by atoms with van der Waals surface area (Å²) in [6.07, 6.45) is 11.8. The standard InChI is InChI=1S/C38H46ClN3O5/c1-40-22-25-23-46-34-19-26-18-27(6-5-17-45-33-11-16-41-32-10-3-2-9-30(32)33)37(31(26)21-35(34)47-24-25)12-14-38(15-13-37,36(43)44)42-29-8-4-7-28(39)20-29/h4,7-8,11,16,19-21,25,27,40,42H,2-3,5-6,9-10,12-15,17-18,22-24H2,1H3,(H,43,44). The highest BCUT2D eigenvalue weighted by Gasteiger charge is 2.54. The Labute approximate surface area is 282 Å². The van der Waals surface area contributed by atoms with Gasteiger partial charge in [0.2, 0.25) is 0 Å². The van der Waals surface area contributed by atoms with Crippen LogP contribution in [0, 0.1) is 11.8 Å². The number of rotatable bonds is 10. The second-order valence-electron chi connectivity index (χ2n) is 14.0. The zero-order chi connectivity index (χ0) is 32.4. The molecule has 0 amide bonds. The zero-order valence-electron chi connectivity index (χ0n) is 27.3. The number of hydrogen-bond acceptors (Lipinski definition) is 7. The number of aromatic nitrogens is 1. The first-order valence-corrected chi connectivity index (χ1v) is 17.7. The maximum Gasteiger partial charge on any atom is 0.329 e. The molecule has 0 bridgehead atoms. The van der Waals surface area contributed by atoms with Crippen LogP contribution in [0.5, 0.6) is 17.2 Å². The average Bonchev–Trinajstić information content (AvgIpc) is 3.21. The monoisotopic (exact) mass is 659 g/mol. The Morgan fingerprint density at radius 1 is 1.06 bits per heavy atom. The van der Waals surface area contributed by atoms with Crippen LogP contribution in [0.3, 0.4) is 0 Å². The van der Waals surface area contributed by atoms with E-state index in [1.54, 1.807) is 12.1 Å². The van der Waals surface area contributed by atoms with Crippen molar-refractivity contribution in [2.24, 2.45) is 11.8 Å². The number of hydrogen-bond donors (Lipinski definition) is 3. The first-order chi connectivity index (χ1) is 22.9. The topological polar surface area (TPSA) is 102 Å². The van der Waals surface area contributed by atoms with Gasteiger partial charge >= 0.3 is 5.97 Å². The molecule has 0 radical (unpaired) electrons. The number of aliphatic carboxylic acids is 1. The Balaban J connectivity index is 1.12. The molecule has 1 saturated carbocycles. The van der Waals surface area contributed by atoms with Crippen LogP contribution in [0.4, 0.5) is 5.69 Å². The minimum Gasteiger partial charge on any atom is -0.493 e. The van der Waals surface area contributed by atoms with E-state index >= 15 is 0 Å². The van der Waals surface area contributed by atoms with Crippen LogP contribution in [0.1, 0.15) is 73.8 Å². The van der Waals surface area contributed by atoms with Crippen molar-refractivity contribution in [1.82, 2.24) is 10.3 Å². The van der Waals surface area contributed by atoms with Crippen LogP contribution in [-0.4, -0.2) is 55.0 Å². The van der Waals surface area contributed by atoms with Crippen molar-refractivity contribution in [2.75, 3.05) is 38.7 Å². The van der Waals surface area contributed by atoms with Crippen LogP contribution in [-0.2, 0) is 29.5 Å². The van der Waals surface area contributed by atoms with Crippen LogP contribution >= 0.6 is 11.6 Å². The predicted molar refractivity (Wildman–Crippen MR) is 183 cm³/mol. The van der Waals surface area contributed by atoms with Gasteiger partial charge < -0.3 is 30.0 Å². The lowest BCUT2D eigenvalue weighted by Gasteiger charge is -2.47. The molecule has 1 spiro atoms. The Bertz CT molecular complexity index is 1600. The Hall–Kier alpha value is -3.49. The summed E-state index contributed by atoms with van der Waals surface area (Å²) in [5.41, 5.74) is 4.62. The number of benzene rings is 2. The van der Waals surface area contributed by atoms with E-state index in [1.807, 2.05) is 31.4 Å². The highest BCUT2D eigenvalue weighted by Crippen LogP contribution is 2.57. The van der Waals surface area contributed by atoms with E-state index in [-0.39, 0.29) is 11.3 Å². The van der Waals surface area contributed by atoms with Gasteiger partial charge in [-0.2, -0.15) is 0 Å². The molecular formula is C38H46ClN3O5. The van der Waals surface area contributed by atoms with Gasteiger partial charge in [0, 0.05) is 40.6 Å². The quantitative estimate of drug-likeness (QED) is 0.200. The number of fused-ring (bicyclic) bond motifs is 4. The molecular weight excluding hydrogens is 614 g/mol. The average molecular weight is 660 g/mol. The molecule has 2 unspecified atom stereocenters. The molecule has 2 aromatic carbocycles. The zero-order valence-corrected chi connectivity index (χ0v) is 28.0. The molecule has 1 aliphatic heterocycles. The molecule has 250 valence electrons. The summed E-state index contributed by atoms with van der Waals surface area (Å²) < 4.78 is 19.1. The van der Waals surface area contributed by atoms with E-state index in [2.05, 4.69) is 27.8 Å². The molecule has 1 fully saturated rings. The largest absolute Gasteiger partial charge is 0.493 e. The third kappa shape index (κ3) is 6.39. The van der Waals surface area contributed by atoms with Crippen LogP contribution in [0.2, 0.25) is 5.02 Å².